The molecular formula is C15H23N3O6S2. The molecule has 1 amide bonds. The van der Waals surface area contributed by atoms with Crippen molar-refractivity contribution in [3.8, 4) is 0 Å². The first kappa shape index (κ1) is 20.6. The monoisotopic (exact) mass is 405 g/mol. The van der Waals surface area contributed by atoms with E-state index in [1.165, 1.54) is 25.1 Å². The first-order valence-electron chi connectivity index (χ1n) is 8.11. The van der Waals surface area contributed by atoms with Crippen LogP contribution in [0.2, 0.25) is 0 Å². The predicted molar refractivity (Wildman–Crippen MR) is 96.0 cm³/mol. The number of nitrogens with zero attached hydrogens (tertiary/aromatic N) is 3. The minimum absolute atomic E-state index is 0.0396. The molecule has 0 radical (unpaired) electrons. The van der Waals surface area contributed by atoms with E-state index in [2.05, 4.69) is 0 Å². The molecule has 0 bridgehead atoms. The lowest BCUT2D eigenvalue weighted by Crippen LogP contribution is -2.43. The molecule has 1 aliphatic heterocycles. The van der Waals surface area contributed by atoms with E-state index in [1.807, 2.05) is 0 Å². The Labute approximate surface area is 153 Å². The average molecular weight is 405 g/mol. The van der Waals surface area contributed by atoms with Gasteiger partial charge in [-0.15, -0.1) is 0 Å². The molecule has 1 saturated heterocycles. The fraction of sp³-hybridized carbons (Fsp3) is 0.600. The van der Waals surface area contributed by atoms with Crippen LogP contribution in [0.4, 0.5) is 0 Å². The summed E-state index contributed by atoms with van der Waals surface area (Å²) in [5, 5.41) is 0. The maximum absolute atomic E-state index is 12.6. The van der Waals surface area contributed by atoms with Crippen molar-refractivity contribution in [2.24, 2.45) is 0 Å². The Balaban J connectivity index is 2.27. The predicted octanol–water partition coefficient (Wildman–Crippen LogP) is -0.866. The summed E-state index contributed by atoms with van der Waals surface area (Å²) in [4.78, 5) is 26.0. The molecule has 2 rings (SSSR count). The fourth-order valence-corrected chi connectivity index (χ4v) is 5.55. The Morgan fingerprint density at radius 3 is 2.46 bits per heavy atom. The maximum atomic E-state index is 12.6. The highest BCUT2D eigenvalue weighted by atomic mass is 32.2. The van der Waals surface area contributed by atoms with Crippen molar-refractivity contribution in [3.05, 3.63) is 28.7 Å². The van der Waals surface area contributed by atoms with Crippen molar-refractivity contribution in [3.63, 3.8) is 0 Å². The van der Waals surface area contributed by atoms with E-state index < -0.39 is 37.4 Å². The van der Waals surface area contributed by atoms with Gasteiger partial charge in [-0.1, -0.05) is 0 Å². The van der Waals surface area contributed by atoms with Gasteiger partial charge in [0.15, 0.2) is 9.84 Å². The Morgan fingerprint density at radius 1 is 1.31 bits per heavy atom. The highest BCUT2D eigenvalue weighted by molar-refractivity contribution is 7.91. The third kappa shape index (κ3) is 4.33. The van der Waals surface area contributed by atoms with Crippen LogP contribution in [0.1, 0.15) is 13.3 Å². The molecule has 1 aliphatic rings. The van der Waals surface area contributed by atoms with Gasteiger partial charge in [0.05, 0.1) is 16.4 Å². The Kier molecular flexibility index (Phi) is 5.93. The van der Waals surface area contributed by atoms with Crippen molar-refractivity contribution >= 4 is 25.8 Å². The SMILES string of the molecule is CCN(C(=O)Cn1cc(S(=O)(=O)N(C)C)ccc1=O)[C@H]1CCS(=O)(=O)C1. The average Bonchev–Trinajstić information content (AvgIpc) is 2.89. The van der Waals surface area contributed by atoms with Gasteiger partial charge in [-0.25, -0.2) is 21.1 Å². The number of hydrogen-bond acceptors (Lipinski definition) is 6. The number of amides is 1. The third-order valence-electron chi connectivity index (χ3n) is 4.35. The van der Waals surface area contributed by atoms with E-state index in [-0.39, 0.29) is 22.9 Å². The number of hydrogen-bond donors (Lipinski definition) is 0. The van der Waals surface area contributed by atoms with Crippen LogP contribution in [0, 0.1) is 0 Å². The minimum atomic E-state index is -3.74. The van der Waals surface area contributed by atoms with E-state index in [9.17, 15) is 26.4 Å². The van der Waals surface area contributed by atoms with E-state index >= 15 is 0 Å². The first-order valence-corrected chi connectivity index (χ1v) is 11.4. The second-order valence-electron chi connectivity index (χ2n) is 6.35. The van der Waals surface area contributed by atoms with Crippen LogP contribution in [0.15, 0.2) is 28.0 Å². The molecule has 0 aromatic carbocycles. The molecule has 1 aromatic heterocycles. The maximum Gasteiger partial charge on any atom is 0.251 e. The van der Waals surface area contributed by atoms with Crippen molar-refractivity contribution in [2.75, 3.05) is 32.1 Å². The quantitative estimate of drug-likeness (QED) is 0.608. The second kappa shape index (κ2) is 7.49. The summed E-state index contributed by atoms with van der Waals surface area (Å²) in [6, 6.07) is 1.88. The lowest BCUT2D eigenvalue weighted by atomic mass is 10.2. The van der Waals surface area contributed by atoms with E-state index in [4.69, 9.17) is 0 Å². The highest BCUT2D eigenvalue weighted by Crippen LogP contribution is 2.18. The Hall–Kier alpha value is -1.72. The van der Waals surface area contributed by atoms with Gasteiger partial charge in [0.25, 0.3) is 5.56 Å². The molecule has 1 atom stereocenters. The third-order valence-corrected chi connectivity index (χ3v) is 7.90. The van der Waals surface area contributed by atoms with Crippen LogP contribution >= 0.6 is 0 Å². The molecule has 0 N–H and O–H groups in total. The van der Waals surface area contributed by atoms with Gasteiger partial charge in [0.2, 0.25) is 15.9 Å². The van der Waals surface area contributed by atoms with Gasteiger partial charge in [0.1, 0.15) is 6.54 Å². The fourth-order valence-electron chi connectivity index (χ4n) is 2.89. The summed E-state index contributed by atoms with van der Waals surface area (Å²) < 4.78 is 49.7. The number of carbonyl (C=O) groups is 1. The van der Waals surface area contributed by atoms with E-state index in [0.29, 0.717) is 13.0 Å². The van der Waals surface area contributed by atoms with Gasteiger partial charge in [-0.2, -0.15) is 0 Å². The lowest BCUT2D eigenvalue weighted by molar-refractivity contribution is -0.133. The van der Waals surface area contributed by atoms with Crippen molar-refractivity contribution in [1.82, 2.24) is 13.8 Å². The van der Waals surface area contributed by atoms with Crippen LogP contribution in [0.5, 0.6) is 0 Å². The molecule has 0 saturated carbocycles. The molecule has 11 heteroatoms. The molecule has 26 heavy (non-hydrogen) atoms. The number of pyridine rings is 1. The van der Waals surface area contributed by atoms with E-state index in [0.717, 1.165) is 21.1 Å². The molecule has 146 valence electrons. The molecule has 0 unspecified atom stereocenters. The van der Waals surface area contributed by atoms with Gasteiger partial charge >= 0.3 is 0 Å². The zero-order valence-electron chi connectivity index (χ0n) is 15.0. The minimum Gasteiger partial charge on any atom is -0.337 e. The van der Waals surface area contributed by atoms with Gasteiger partial charge in [0, 0.05) is 38.9 Å². The largest absolute Gasteiger partial charge is 0.337 e. The summed E-state index contributed by atoms with van der Waals surface area (Å²) in [6.45, 7) is 1.70. The Morgan fingerprint density at radius 2 is 1.96 bits per heavy atom. The van der Waals surface area contributed by atoms with Gasteiger partial charge in [-0.3, -0.25) is 9.59 Å². The molecule has 1 fully saturated rings. The summed E-state index contributed by atoms with van der Waals surface area (Å²) in [6.07, 6.45) is 1.50. The lowest BCUT2D eigenvalue weighted by Gasteiger charge is -2.27. The molecule has 2 heterocycles. The Bertz CT molecular complexity index is 950. The molecular weight excluding hydrogens is 382 g/mol. The van der Waals surface area contributed by atoms with Crippen LogP contribution in [0.25, 0.3) is 0 Å². The first-order chi connectivity index (χ1) is 12.0. The summed E-state index contributed by atoms with van der Waals surface area (Å²) in [5.74, 6) is -0.467. The number of sulfone groups is 1. The second-order valence-corrected chi connectivity index (χ2v) is 10.7. The zero-order chi connectivity index (χ0) is 19.7. The van der Waals surface area contributed by atoms with Crippen molar-refractivity contribution in [1.29, 1.82) is 0 Å². The molecule has 0 aliphatic carbocycles. The highest BCUT2D eigenvalue weighted by Gasteiger charge is 2.34. The van der Waals surface area contributed by atoms with Crippen LogP contribution < -0.4 is 5.56 Å². The van der Waals surface area contributed by atoms with Crippen LogP contribution in [-0.4, -0.2) is 74.7 Å². The zero-order valence-corrected chi connectivity index (χ0v) is 16.6. The normalized spacial score (nSPS) is 19.6. The topological polar surface area (TPSA) is 114 Å². The van der Waals surface area contributed by atoms with Gasteiger partial charge in [-0.05, 0) is 19.4 Å². The smallest absolute Gasteiger partial charge is 0.251 e. The van der Waals surface area contributed by atoms with Crippen LogP contribution in [0.3, 0.4) is 0 Å². The number of carbonyl (C=O) groups excluding carboxylic acids is 1. The van der Waals surface area contributed by atoms with Gasteiger partial charge < -0.3 is 9.47 Å². The number of aromatic nitrogens is 1. The summed E-state index contributed by atoms with van der Waals surface area (Å²) >= 11 is 0. The van der Waals surface area contributed by atoms with Crippen molar-refractivity contribution < 1.29 is 21.6 Å². The molecule has 1 aromatic rings. The summed E-state index contributed by atoms with van der Waals surface area (Å²) in [5.41, 5.74) is -0.508. The van der Waals surface area contributed by atoms with E-state index in [1.54, 1.807) is 6.92 Å². The number of likely N-dealkylation sites (N-methyl/N-ethyl adjacent to an activating group) is 1. The standard InChI is InChI=1S/C15H23N3O6S2/c1-4-18(12-7-8-25(21,22)11-12)15(20)10-17-9-13(5-6-14(17)19)26(23,24)16(2)3/h5-6,9,12H,4,7-8,10-11H2,1-3H3/t12-/m0/s1. The number of sulfonamides is 1. The number of rotatable bonds is 6. The molecule has 9 nitrogen and oxygen atoms in total. The van der Waals surface area contributed by atoms with Crippen molar-refractivity contribution in [2.45, 2.75) is 30.8 Å². The molecule has 0 spiro atoms. The van der Waals surface area contributed by atoms with Crippen LogP contribution in [-0.2, 0) is 31.2 Å². The summed E-state index contributed by atoms with van der Waals surface area (Å²) in [7, 11) is -4.15.